The van der Waals surface area contributed by atoms with Gasteiger partial charge in [0, 0.05) is 4.90 Å². The fourth-order valence-electron chi connectivity index (χ4n) is 1.88. The normalized spacial score (nSPS) is 13.2. The number of amides is 2. The van der Waals surface area contributed by atoms with Gasteiger partial charge < -0.3 is 14.8 Å². The van der Waals surface area contributed by atoms with E-state index in [4.69, 9.17) is 4.74 Å². The lowest BCUT2D eigenvalue weighted by Crippen LogP contribution is -2.48. The van der Waals surface area contributed by atoms with E-state index < -0.39 is 18.2 Å². The lowest BCUT2D eigenvalue weighted by molar-refractivity contribution is 0.138. The molecule has 23 heavy (non-hydrogen) atoms. The van der Waals surface area contributed by atoms with Gasteiger partial charge in [-0.15, -0.1) is 0 Å². The van der Waals surface area contributed by atoms with E-state index in [0.717, 1.165) is 4.90 Å². The SMILES string of the molecule is C/C=C/[C@H]([C@@H](C)NC(=O)OC)N(Sc1ccccc1)C(=O)OC. The Kier molecular flexibility index (Phi) is 8.04. The number of nitrogens with one attached hydrogen (secondary N) is 1. The Morgan fingerprint density at radius 2 is 1.87 bits per heavy atom. The average molecular weight is 338 g/mol. The Balaban J connectivity index is 3.03. The van der Waals surface area contributed by atoms with E-state index in [1.165, 1.54) is 30.5 Å². The van der Waals surface area contributed by atoms with Gasteiger partial charge in [-0.2, -0.15) is 0 Å². The average Bonchev–Trinajstić information content (AvgIpc) is 2.57. The molecule has 0 aliphatic heterocycles. The molecule has 0 saturated carbocycles. The maximum atomic E-state index is 12.2. The molecule has 0 bridgehead atoms. The smallest absolute Gasteiger partial charge is 0.420 e. The number of nitrogens with zero attached hydrogens (tertiary/aromatic N) is 1. The number of carbonyl (C=O) groups is 2. The third kappa shape index (κ3) is 5.86. The zero-order valence-electron chi connectivity index (χ0n) is 13.7. The largest absolute Gasteiger partial charge is 0.453 e. The van der Waals surface area contributed by atoms with Crippen molar-refractivity contribution in [3.8, 4) is 0 Å². The molecule has 0 saturated heterocycles. The zero-order valence-corrected chi connectivity index (χ0v) is 14.5. The highest BCUT2D eigenvalue weighted by atomic mass is 32.2. The molecule has 0 aliphatic rings. The van der Waals surface area contributed by atoms with Crippen LogP contribution in [0.5, 0.6) is 0 Å². The van der Waals surface area contributed by atoms with Gasteiger partial charge in [-0.25, -0.2) is 13.9 Å². The van der Waals surface area contributed by atoms with E-state index in [0.29, 0.717) is 0 Å². The van der Waals surface area contributed by atoms with Crippen LogP contribution in [0.25, 0.3) is 0 Å². The molecule has 126 valence electrons. The summed E-state index contributed by atoms with van der Waals surface area (Å²) in [5.41, 5.74) is 0. The van der Waals surface area contributed by atoms with Crippen molar-refractivity contribution in [2.24, 2.45) is 0 Å². The van der Waals surface area contributed by atoms with Crippen LogP contribution in [0.1, 0.15) is 13.8 Å². The van der Waals surface area contributed by atoms with Crippen molar-refractivity contribution in [1.82, 2.24) is 9.62 Å². The van der Waals surface area contributed by atoms with Crippen molar-refractivity contribution in [3.63, 3.8) is 0 Å². The summed E-state index contributed by atoms with van der Waals surface area (Å²) >= 11 is 1.25. The van der Waals surface area contributed by atoms with Crippen molar-refractivity contribution < 1.29 is 19.1 Å². The first-order chi connectivity index (χ1) is 11.0. The van der Waals surface area contributed by atoms with E-state index in [1.807, 2.05) is 49.4 Å². The molecule has 1 aromatic rings. The number of methoxy groups -OCH3 is 2. The second-order valence-electron chi connectivity index (χ2n) is 4.64. The molecule has 0 fully saturated rings. The van der Waals surface area contributed by atoms with Gasteiger partial charge in [0.15, 0.2) is 0 Å². The summed E-state index contributed by atoms with van der Waals surface area (Å²) in [6, 6.07) is 8.69. The summed E-state index contributed by atoms with van der Waals surface area (Å²) in [5, 5.41) is 2.68. The first kappa shape index (κ1) is 18.9. The Morgan fingerprint density at radius 3 is 2.39 bits per heavy atom. The minimum atomic E-state index is -0.554. The molecule has 1 N–H and O–H groups in total. The molecule has 6 nitrogen and oxygen atoms in total. The highest BCUT2D eigenvalue weighted by molar-refractivity contribution is 7.97. The maximum absolute atomic E-state index is 12.2. The number of hydrogen-bond donors (Lipinski definition) is 1. The van der Waals surface area contributed by atoms with Gasteiger partial charge >= 0.3 is 12.2 Å². The van der Waals surface area contributed by atoms with Crippen molar-refractivity contribution >= 4 is 24.1 Å². The van der Waals surface area contributed by atoms with E-state index in [2.05, 4.69) is 10.1 Å². The number of alkyl carbamates (subject to hydrolysis) is 1. The lowest BCUT2D eigenvalue weighted by Gasteiger charge is -2.31. The second kappa shape index (κ2) is 9.78. The molecular formula is C16H22N2O4S. The van der Waals surface area contributed by atoms with Crippen LogP contribution in [0, 0.1) is 0 Å². The fourth-order valence-corrected chi connectivity index (χ4v) is 2.91. The molecular weight excluding hydrogens is 316 g/mol. The molecule has 0 heterocycles. The molecule has 0 aliphatic carbocycles. The molecule has 0 unspecified atom stereocenters. The van der Waals surface area contributed by atoms with Gasteiger partial charge in [-0.3, -0.25) is 0 Å². The predicted octanol–water partition coefficient (Wildman–Crippen LogP) is 3.45. The van der Waals surface area contributed by atoms with E-state index in [-0.39, 0.29) is 6.04 Å². The molecule has 0 spiro atoms. The molecule has 0 aromatic heterocycles. The van der Waals surface area contributed by atoms with Crippen LogP contribution in [0.4, 0.5) is 9.59 Å². The van der Waals surface area contributed by atoms with Crippen molar-refractivity contribution in [1.29, 1.82) is 0 Å². The second-order valence-corrected chi connectivity index (χ2v) is 5.69. The maximum Gasteiger partial charge on any atom is 0.420 e. The fraction of sp³-hybridized carbons (Fsp3) is 0.375. The van der Waals surface area contributed by atoms with Gasteiger partial charge in [0.2, 0.25) is 0 Å². The van der Waals surface area contributed by atoms with Crippen LogP contribution in [0.2, 0.25) is 0 Å². The standard InChI is InChI=1S/C16H22N2O4S/c1-5-9-14(12(2)17-15(19)21-3)18(16(20)22-4)23-13-10-7-6-8-11-13/h5-12,14H,1-4H3,(H,17,19)/b9-5+/t12-,14-/m1/s1. The van der Waals surface area contributed by atoms with Crippen LogP contribution < -0.4 is 5.32 Å². The van der Waals surface area contributed by atoms with Crippen LogP contribution in [0.3, 0.4) is 0 Å². The highest BCUT2D eigenvalue weighted by Crippen LogP contribution is 2.27. The summed E-state index contributed by atoms with van der Waals surface area (Å²) in [6.45, 7) is 3.64. The van der Waals surface area contributed by atoms with Gasteiger partial charge in [0.25, 0.3) is 0 Å². The first-order valence-electron chi connectivity index (χ1n) is 7.11. The minimum absolute atomic E-state index is 0.367. The number of ether oxygens (including phenoxy) is 2. The summed E-state index contributed by atoms with van der Waals surface area (Å²) in [5.74, 6) is 0. The van der Waals surface area contributed by atoms with Crippen LogP contribution in [-0.2, 0) is 9.47 Å². The Bertz CT molecular complexity index is 536. The quantitative estimate of drug-likeness (QED) is 0.635. The Labute approximate surface area is 141 Å². The number of carbonyl (C=O) groups excluding carboxylic acids is 2. The van der Waals surface area contributed by atoms with Crippen LogP contribution >= 0.6 is 11.9 Å². The number of rotatable bonds is 6. The lowest BCUT2D eigenvalue weighted by atomic mass is 10.1. The van der Waals surface area contributed by atoms with Crippen molar-refractivity contribution in [2.75, 3.05) is 14.2 Å². The third-order valence-corrected chi connectivity index (χ3v) is 4.08. The van der Waals surface area contributed by atoms with Crippen molar-refractivity contribution in [2.45, 2.75) is 30.8 Å². The molecule has 0 radical (unpaired) electrons. The molecule has 2 amide bonds. The number of allylic oxidation sites excluding steroid dienone is 1. The third-order valence-electron chi connectivity index (χ3n) is 3.01. The summed E-state index contributed by atoms with van der Waals surface area (Å²) < 4.78 is 11.0. The van der Waals surface area contributed by atoms with Gasteiger partial charge in [-0.05, 0) is 37.9 Å². The Hall–Kier alpha value is -2.15. The van der Waals surface area contributed by atoms with E-state index in [9.17, 15) is 9.59 Å². The summed E-state index contributed by atoms with van der Waals surface area (Å²) in [4.78, 5) is 24.5. The van der Waals surface area contributed by atoms with E-state index >= 15 is 0 Å². The monoisotopic (exact) mass is 338 g/mol. The predicted molar refractivity (Wildman–Crippen MR) is 90.1 cm³/mol. The van der Waals surface area contributed by atoms with Gasteiger partial charge in [0.05, 0.1) is 26.3 Å². The number of benzene rings is 1. The molecule has 2 atom stereocenters. The molecule has 7 heteroatoms. The molecule has 1 aromatic carbocycles. The van der Waals surface area contributed by atoms with Crippen molar-refractivity contribution in [3.05, 3.63) is 42.5 Å². The zero-order chi connectivity index (χ0) is 17.2. The van der Waals surface area contributed by atoms with Gasteiger partial charge in [0.1, 0.15) is 0 Å². The first-order valence-corrected chi connectivity index (χ1v) is 7.88. The summed E-state index contributed by atoms with van der Waals surface area (Å²) in [7, 11) is 2.62. The number of hydrogen-bond acceptors (Lipinski definition) is 5. The van der Waals surface area contributed by atoms with E-state index in [1.54, 1.807) is 6.92 Å². The van der Waals surface area contributed by atoms with Crippen LogP contribution in [0.15, 0.2) is 47.4 Å². The molecule has 1 rings (SSSR count). The topological polar surface area (TPSA) is 67.9 Å². The van der Waals surface area contributed by atoms with Gasteiger partial charge in [-0.1, -0.05) is 30.4 Å². The van der Waals surface area contributed by atoms with Crippen LogP contribution in [-0.4, -0.2) is 42.8 Å². The highest BCUT2D eigenvalue weighted by Gasteiger charge is 2.29. The Morgan fingerprint density at radius 1 is 1.22 bits per heavy atom. The summed E-state index contributed by atoms with van der Waals surface area (Å²) in [6.07, 6.45) is 2.59. The minimum Gasteiger partial charge on any atom is -0.453 e.